The number of hydrogen-bond acceptors (Lipinski definition) is 3. The lowest BCUT2D eigenvalue weighted by molar-refractivity contribution is 0.415. The molecule has 4 rings (SSSR count). The summed E-state index contributed by atoms with van der Waals surface area (Å²) < 4.78 is 12.0. The zero-order valence-electron chi connectivity index (χ0n) is 14.9. The number of aromatic hydroxyl groups is 1. The predicted molar refractivity (Wildman–Crippen MR) is 109 cm³/mol. The van der Waals surface area contributed by atoms with Crippen LogP contribution in [0.4, 0.5) is 0 Å². The van der Waals surface area contributed by atoms with Gasteiger partial charge < -0.3 is 14.3 Å². The van der Waals surface area contributed by atoms with E-state index in [4.69, 9.17) is 20.8 Å². The Hall–Kier alpha value is -2.91. The van der Waals surface area contributed by atoms with Crippen molar-refractivity contribution in [3.8, 4) is 28.6 Å². The minimum Gasteiger partial charge on any atom is -0.504 e. The molecule has 3 aromatic carbocycles. The molecular weight excluding hydrogens is 360 g/mol. The van der Waals surface area contributed by atoms with E-state index in [2.05, 4.69) is 19.1 Å². The maximum absolute atomic E-state index is 10.4. The van der Waals surface area contributed by atoms with Gasteiger partial charge in [0.05, 0.1) is 5.39 Å². The van der Waals surface area contributed by atoms with Gasteiger partial charge in [0.25, 0.3) is 0 Å². The zero-order chi connectivity index (χ0) is 18.8. The van der Waals surface area contributed by atoms with Gasteiger partial charge in [0.1, 0.15) is 17.1 Å². The lowest BCUT2D eigenvalue weighted by atomic mass is 10.0. The molecule has 1 heterocycles. The number of fused-ring (bicyclic) bond motifs is 1. The van der Waals surface area contributed by atoms with Crippen molar-refractivity contribution in [3.05, 3.63) is 77.3 Å². The summed E-state index contributed by atoms with van der Waals surface area (Å²) in [6, 6.07) is 20.5. The number of ether oxygens (including phenoxy) is 1. The number of rotatable bonds is 5. The molecule has 0 aliphatic rings. The topological polar surface area (TPSA) is 42.6 Å². The van der Waals surface area contributed by atoms with Crippen LogP contribution in [0.25, 0.3) is 22.3 Å². The van der Waals surface area contributed by atoms with E-state index in [1.54, 1.807) is 36.4 Å². The first kappa shape index (κ1) is 17.5. The lowest BCUT2D eigenvalue weighted by Crippen LogP contribution is -1.87. The van der Waals surface area contributed by atoms with Crippen molar-refractivity contribution >= 4 is 22.6 Å². The number of hydrogen-bond donors (Lipinski definition) is 1. The molecule has 0 fully saturated rings. The summed E-state index contributed by atoms with van der Waals surface area (Å²) >= 11 is 5.93. The summed E-state index contributed by atoms with van der Waals surface area (Å²) in [5.41, 5.74) is 2.97. The summed E-state index contributed by atoms with van der Waals surface area (Å²) in [5, 5.41) is 11.7. The van der Waals surface area contributed by atoms with Crippen LogP contribution in [0.2, 0.25) is 5.02 Å². The van der Waals surface area contributed by atoms with Crippen molar-refractivity contribution in [2.45, 2.75) is 19.8 Å². The van der Waals surface area contributed by atoms with Gasteiger partial charge in [-0.2, -0.15) is 0 Å². The Morgan fingerprint density at radius 1 is 1.00 bits per heavy atom. The Balaban J connectivity index is 1.80. The minimum atomic E-state index is 0.0617. The van der Waals surface area contributed by atoms with Gasteiger partial charge in [0.2, 0.25) is 0 Å². The van der Waals surface area contributed by atoms with Crippen LogP contribution < -0.4 is 4.74 Å². The van der Waals surface area contributed by atoms with Crippen LogP contribution in [-0.2, 0) is 6.42 Å². The van der Waals surface area contributed by atoms with Crippen molar-refractivity contribution in [3.63, 3.8) is 0 Å². The van der Waals surface area contributed by atoms with Gasteiger partial charge in [-0.15, -0.1) is 0 Å². The first-order chi connectivity index (χ1) is 13.2. The number of halogens is 1. The van der Waals surface area contributed by atoms with Gasteiger partial charge in [-0.1, -0.05) is 49.2 Å². The molecule has 0 radical (unpaired) electrons. The second-order valence-electron chi connectivity index (χ2n) is 6.40. The normalized spacial score (nSPS) is 11.0. The zero-order valence-corrected chi connectivity index (χ0v) is 15.7. The fraction of sp³-hybridized carbons (Fsp3) is 0.130. The third-order valence-corrected chi connectivity index (χ3v) is 4.72. The molecule has 1 N–H and O–H groups in total. The summed E-state index contributed by atoms with van der Waals surface area (Å²) in [7, 11) is 0. The molecule has 0 spiro atoms. The molecule has 4 aromatic rings. The number of phenolic OH excluding ortho intramolecular Hbond substituents is 1. The van der Waals surface area contributed by atoms with Gasteiger partial charge in [0, 0.05) is 10.6 Å². The van der Waals surface area contributed by atoms with E-state index in [0.717, 1.165) is 29.6 Å². The Bertz CT molecular complexity index is 1080. The van der Waals surface area contributed by atoms with E-state index >= 15 is 0 Å². The van der Waals surface area contributed by atoms with E-state index in [0.29, 0.717) is 22.1 Å². The first-order valence-corrected chi connectivity index (χ1v) is 9.30. The molecule has 0 saturated carbocycles. The number of benzene rings is 3. The smallest absolute Gasteiger partial charge is 0.180 e. The Labute approximate surface area is 162 Å². The molecule has 0 atom stereocenters. The Morgan fingerprint density at radius 2 is 1.78 bits per heavy atom. The summed E-state index contributed by atoms with van der Waals surface area (Å²) in [6.45, 7) is 2.16. The van der Waals surface area contributed by atoms with Gasteiger partial charge in [0.15, 0.2) is 11.5 Å². The highest BCUT2D eigenvalue weighted by atomic mass is 35.5. The van der Waals surface area contributed by atoms with Crippen LogP contribution in [0, 0.1) is 0 Å². The fourth-order valence-electron chi connectivity index (χ4n) is 3.18. The molecule has 0 bridgehead atoms. The molecule has 136 valence electrons. The largest absolute Gasteiger partial charge is 0.504 e. The molecule has 27 heavy (non-hydrogen) atoms. The third-order valence-electron chi connectivity index (χ3n) is 4.47. The molecule has 0 unspecified atom stereocenters. The van der Waals surface area contributed by atoms with Crippen molar-refractivity contribution in [2.75, 3.05) is 0 Å². The quantitative estimate of drug-likeness (QED) is 0.399. The van der Waals surface area contributed by atoms with Crippen LogP contribution >= 0.6 is 11.6 Å². The molecule has 4 heteroatoms. The number of phenols is 1. The second kappa shape index (κ2) is 7.37. The predicted octanol–water partition coefficient (Wildman–Crippen LogP) is 7.20. The van der Waals surface area contributed by atoms with Crippen LogP contribution in [0.3, 0.4) is 0 Å². The van der Waals surface area contributed by atoms with Crippen LogP contribution in [0.5, 0.6) is 17.2 Å². The minimum absolute atomic E-state index is 0.0617. The van der Waals surface area contributed by atoms with Gasteiger partial charge in [-0.25, -0.2) is 0 Å². The van der Waals surface area contributed by atoms with E-state index in [-0.39, 0.29) is 5.75 Å². The fourth-order valence-corrected chi connectivity index (χ4v) is 3.31. The maximum atomic E-state index is 10.4. The van der Waals surface area contributed by atoms with Crippen LogP contribution in [-0.4, -0.2) is 5.11 Å². The Morgan fingerprint density at radius 3 is 2.56 bits per heavy atom. The molecule has 0 amide bonds. The van der Waals surface area contributed by atoms with Crippen molar-refractivity contribution < 1.29 is 14.3 Å². The molecule has 3 nitrogen and oxygen atoms in total. The summed E-state index contributed by atoms with van der Waals surface area (Å²) in [6.07, 6.45) is 2.04. The molecule has 0 aliphatic heterocycles. The number of furan rings is 1. The summed E-state index contributed by atoms with van der Waals surface area (Å²) in [5.74, 6) is 1.79. The highest BCUT2D eigenvalue weighted by Gasteiger charge is 2.16. The van der Waals surface area contributed by atoms with Crippen molar-refractivity contribution in [2.24, 2.45) is 0 Å². The standard InChI is InChI=1S/C23H19ClO3/c1-2-5-15-6-3-4-7-18(15)22-14-19-21(27-22)13-12-20(25)23(19)26-17-10-8-16(24)9-11-17/h3-4,6-14,25H,2,5H2,1H3. The Kier molecular flexibility index (Phi) is 4.78. The van der Waals surface area contributed by atoms with Gasteiger partial charge >= 0.3 is 0 Å². The van der Waals surface area contributed by atoms with Gasteiger partial charge in [-0.3, -0.25) is 0 Å². The molecule has 0 saturated heterocycles. The number of aryl methyl sites for hydroxylation is 1. The van der Waals surface area contributed by atoms with Crippen molar-refractivity contribution in [1.29, 1.82) is 0 Å². The third kappa shape index (κ3) is 3.51. The average Bonchev–Trinajstić information content (AvgIpc) is 3.11. The molecular formula is C23H19ClO3. The molecule has 1 aromatic heterocycles. The van der Waals surface area contributed by atoms with Crippen LogP contribution in [0.15, 0.2) is 71.1 Å². The summed E-state index contributed by atoms with van der Waals surface area (Å²) in [4.78, 5) is 0. The maximum Gasteiger partial charge on any atom is 0.180 e. The highest BCUT2D eigenvalue weighted by Crippen LogP contribution is 2.42. The molecule has 0 aliphatic carbocycles. The van der Waals surface area contributed by atoms with Gasteiger partial charge in [-0.05, 0) is 54.4 Å². The highest BCUT2D eigenvalue weighted by molar-refractivity contribution is 6.30. The second-order valence-corrected chi connectivity index (χ2v) is 6.84. The SMILES string of the molecule is CCCc1ccccc1-c1cc2c(Oc3ccc(Cl)cc3)c(O)ccc2o1. The van der Waals surface area contributed by atoms with E-state index in [1.807, 2.05) is 18.2 Å². The van der Waals surface area contributed by atoms with E-state index in [1.165, 1.54) is 5.56 Å². The van der Waals surface area contributed by atoms with Crippen LogP contribution in [0.1, 0.15) is 18.9 Å². The first-order valence-electron chi connectivity index (χ1n) is 8.93. The van der Waals surface area contributed by atoms with E-state index < -0.39 is 0 Å². The van der Waals surface area contributed by atoms with E-state index in [9.17, 15) is 5.11 Å². The monoisotopic (exact) mass is 378 g/mol. The lowest BCUT2D eigenvalue weighted by Gasteiger charge is -2.08. The average molecular weight is 379 g/mol. The van der Waals surface area contributed by atoms with Crippen molar-refractivity contribution in [1.82, 2.24) is 0 Å².